The maximum absolute atomic E-state index is 9.83. The van der Waals surface area contributed by atoms with E-state index in [4.69, 9.17) is 0 Å². The molecular weight excluding hydrogens is 232 g/mol. The summed E-state index contributed by atoms with van der Waals surface area (Å²) in [7, 11) is 0. The standard InChI is InChI=1S/C5H8O4.Ag/c1-3(5(8)9)2-4(6)7;/h3H,2H2,1H3,(H,6,7)(H,8,9);/q;+2/p-2. The Bertz CT molecular complexity index is 134. The fourth-order valence-corrected chi connectivity index (χ4v) is 0.333. The molecule has 0 rings (SSSR count). The molecule has 0 spiro atoms. The monoisotopic (exact) mass is 237 g/mol. The van der Waals surface area contributed by atoms with E-state index in [0.717, 1.165) is 0 Å². The van der Waals surface area contributed by atoms with E-state index >= 15 is 0 Å². The molecule has 1 unspecified atom stereocenters. The third kappa shape index (κ3) is 5.81. The van der Waals surface area contributed by atoms with Crippen molar-refractivity contribution < 1.29 is 42.2 Å². The van der Waals surface area contributed by atoms with Crippen LogP contribution in [0.5, 0.6) is 0 Å². The minimum atomic E-state index is -1.37. The Morgan fingerprint density at radius 1 is 1.40 bits per heavy atom. The Morgan fingerprint density at radius 3 is 1.90 bits per heavy atom. The van der Waals surface area contributed by atoms with E-state index in [1.165, 1.54) is 6.92 Å². The predicted molar refractivity (Wildman–Crippen MR) is 23.8 cm³/mol. The van der Waals surface area contributed by atoms with E-state index in [2.05, 4.69) is 0 Å². The van der Waals surface area contributed by atoms with E-state index in [1.54, 1.807) is 0 Å². The molecule has 0 aromatic rings. The SMILES string of the molecule is CC(CC(=O)[O-])C(=O)[O-].[Ag+2]. The number of hydrogen-bond donors (Lipinski definition) is 0. The summed E-state index contributed by atoms with van der Waals surface area (Å²) in [6.07, 6.45) is -0.484. The van der Waals surface area contributed by atoms with Crippen LogP contribution >= 0.6 is 0 Å². The van der Waals surface area contributed by atoms with Crippen LogP contribution < -0.4 is 10.2 Å². The first-order valence-electron chi connectivity index (χ1n) is 2.44. The minimum Gasteiger partial charge on any atom is -0.550 e. The zero-order valence-electron chi connectivity index (χ0n) is 5.22. The third-order valence-electron chi connectivity index (χ3n) is 0.875. The number of hydrogen-bond acceptors (Lipinski definition) is 4. The molecule has 1 atom stereocenters. The van der Waals surface area contributed by atoms with Crippen molar-refractivity contribution in [3.8, 4) is 0 Å². The van der Waals surface area contributed by atoms with Gasteiger partial charge in [0, 0.05) is 17.9 Å². The number of carboxylic acid groups (broad SMARTS) is 2. The average molecular weight is 238 g/mol. The van der Waals surface area contributed by atoms with Crippen LogP contribution in [0.15, 0.2) is 0 Å². The molecule has 0 heterocycles. The number of aliphatic carboxylic acids is 2. The Balaban J connectivity index is 0. The summed E-state index contributed by atoms with van der Waals surface area (Å²) in [5.41, 5.74) is 0. The molecule has 0 aromatic heterocycles. The van der Waals surface area contributed by atoms with E-state index in [9.17, 15) is 19.8 Å². The van der Waals surface area contributed by atoms with Gasteiger partial charge >= 0.3 is 22.4 Å². The number of carbonyl (C=O) groups excluding carboxylic acids is 2. The van der Waals surface area contributed by atoms with Gasteiger partial charge in [0.25, 0.3) is 0 Å². The summed E-state index contributed by atoms with van der Waals surface area (Å²) in [6.45, 7) is 1.26. The van der Waals surface area contributed by atoms with Gasteiger partial charge in [-0.05, 0) is 6.42 Å². The molecule has 1 radical (unpaired) electrons. The maximum Gasteiger partial charge on any atom is 2.00 e. The number of carboxylic acids is 2. The van der Waals surface area contributed by atoms with Crippen molar-refractivity contribution in [1.82, 2.24) is 0 Å². The normalized spacial score (nSPS) is 11.3. The van der Waals surface area contributed by atoms with Gasteiger partial charge in [-0.3, -0.25) is 0 Å². The Morgan fingerprint density at radius 2 is 1.80 bits per heavy atom. The van der Waals surface area contributed by atoms with E-state index in [0.29, 0.717) is 0 Å². The van der Waals surface area contributed by atoms with E-state index < -0.39 is 24.3 Å². The molecule has 10 heavy (non-hydrogen) atoms. The zero-order chi connectivity index (χ0) is 7.44. The molecule has 0 aliphatic rings. The summed E-state index contributed by atoms with van der Waals surface area (Å²) in [5, 5.41) is 19.5. The smallest absolute Gasteiger partial charge is 0.550 e. The molecule has 0 aromatic carbocycles. The summed E-state index contributed by atoms with van der Waals surface area (Å²) in [6, 6.07) is 0. The van der Waals surface area contributed by atoms with Crippen molar-refractivity contribution in [3.05, 3.63) is 0 Å². The molecule has 5 heteroatoms. The van der Waals surface area contributed by atoms with Crippen LogP contribution in [-0.4, -0.2) is 11.9 Å². The topological polar surface area (TPSA) is 80.3 Å². The van der Waals surface area contributed by atoms with Crippen LogP contribution in [0.1, 0.15) is 13.3 Å². The molecule has 0 saturated carbocycles. The van der Waals surface area contributed by atoms with Crippen molar-refractivity contribution in [2.24, 2.45) is 5.92 Å². The first-order chi connectivity index (χ1) is 4.04. The van der Waals surface area contributed by atoms with Crippen molar-refractivity contribution in [2.45, 2.75) is 13.3 Å². The van der Waals surface area contributed by atoms with Gasteiger partial charge in [0.15, 0.2) is 0 Å². The van der Waals surface area contributed by atoms with Gasteiger partial charge in [-0.2, -0.15) is 0 Å². The second kappa shape index (κ2) is 5.46. The molecular formula is C5H6AgO4. The summed E-state index contributed by atoms with van der Waals surface area (Å²) in [4.78, 5) is 19.5. The number of carbonyl (C=O) groups is 2. The zero-order valence-corrected chi connectivity index (χ0v) is 6.70. The van der Waals surface area contributed by atoms with Crippen LogP contribution in [0.4, 0.5) is 0 Å². The minimum absolute atomic E-state index is 0. The third-order valence-corrected chi connectivity index (χ3v) is 0.875. The van der Waals surface area contributed by atoms with Crippen molar-refractivity contribution in [2.75, 3.05) is 0 Å². The average Bonchev–Trinajstić information content (AvgIpc) is 1.63. The second-order valence-corrected chi connectivity index (χ2v) is 1.80. The van der Waals surface area contributed by atoms with Gasteiger partial charge in [-0.1, -0.05) is 6.92 Å². The molecule has 0 fully saturated rings. The fraction of sp³-hybridized carbons (Fsp3) is 0.600. The fourth-order valence-electron chi connectivity index (χ4n) is 0.333. The van der Waals surface area contributed by atoms with Crippen LogP contribution in [-0.2, 0) is 32.0 Å². The van der Waals surface area contributed by atoms with Crippen LogP contribution in [0.25, 0.3) is 0 Å². The van der Waals surface area contributed by atoms with E-state index in [-0.39, 0.29) is 22.4 Å². The van der Waals surface area contributed by atoms with Gasteiger partial charge < -0.3 is 19.8 Å². The largest absolute Gasteiger partial charge is 2.00 e. The molecule has 0 saturated heterocycles. The second-order valence-electron chi connectivity index (χ2n) is 1.80. The summed E-state index contributed by atoms with van der Waals surface area (Å²) < 4.78 is 0. The summed E-state index contributed by atoms with van der Waals surface area (Å²) in [5.74, 6) is -3.69. The molecule has 0 N–H and O–H groups in total. The predicted octanol–water partition coefficient (Wildman–Crippen LogP) is -2.49. The van der Waals surface area contributed by atoms with Crippen molar-refractivity contribution >= 4 is 11.9 Å². The Hall–Kier alpha value is -0.320. The van der Waals surface area contributed by atoms with Gasteiger partial charge in [-0.15, -0.1) is 0 Å². The first-order valence-corrected chi connectivity index (χ1v) is 2.44. The molecule has 0 aliphatic heterocycles. The quantitative estimate of drug-likeness (QED) is 0.509. The Kier molecular flexibility index (Phi) is 6.76. The van der Waals surface area contributed by atoms with Gasteiger partial charge in [0.1, 0.15) is 0 Å². The van der Waals surface area contributed by atoms with Crippen LogP contribution in [0, 0.1) is 5.92 Å². The van der Waals surface area contributed by atoms with Gasteiger partial charge in [-0.25, -0.2) is 0 Å². The van der Waals surface area contributed by atoms with Crippen LogP contribution in [0.3, 0.4) is 0 Å². The van der Waals surface area contributed by atoms with Gasteiger partial charge in [0.2, 0.25) is 0 Å². The molecule has 0 bridgehead atoms. The number of rotatable bonds is 3. The first kappa shape index (κ1) is 12.4. The Labute approximate surface area is 73.7 Å². The van der Waals surface area contributed by atoms with E-state index in [1.807, 2.05) is 0 Å². The van der Waals surface area contributed by atoms with Gasteiger partial charge in [0.05, 0.1) is 0 Å². The van der Waals surface area contributed by atoms with Crippen molar-refractivity contribution in [3.63, 3.8) is 0 Å². The maximum atomic E-state index is 9.83. The van der Waals surface area contributed by atoms with Crippen molar-refractivity contribution in [1.29, 1.82) is 0 Å². The summed E-state index contributed by atoms with van der Waals surface area (Å²) >= 11 is 0. The molecule has 0 amide bonds. The van der Waals surface area contributed by atoms with Crippen LogP contribution in [0.2, 0.25) is 0 Å². The molecule has 61 valence electrons. The molecule has 0 aliphatic carbocycles. The molecule has 4 nitrogen and oxygen atoms in total.